The van der Waals surface area contributed by atoms with Crippen LogP contribution in [0.3, 0.4) is 0 Å². The molecule has 2 heterocycles. The molecule has 0 fully saturated rings. The zero-order chi connectivity index (χ0) is 13.3. The number of aromatic nitrogens is 2. The van der Waals surface area contributed by atoms with E-state index in [1.54, 1.807) is 18.0 Å². The summed E-state index contributed by atoms with van der Waals surface area (Å²) in [5.74, 6) is 0.602. The second-order valence-corrected chi connectivity index (χ2v) is 6.84. The average Bonchev–Trinajstić information content (AvgIpc) is 2.92. The van der Waals surface area contributed by atoms with Gasteiger partial charge in [0.05, 0.1) is 17.1 Å². The molecular formula is C11H12Br2N2O2S. The molecule has 4 nitrogen and oxygen atoms in total. The fraction of sp³-hybridized carbons (Fsp3) is 0.364. The van der Waals surface area contributed by atoms with Crippen LogP contribution < -0.4 is 4.74 Å². The summed E-state index contributed by atoms with van der Waals surface area (Å²) < 4.78 is 8.88. The van der Waals surface area contributed by atoms with Crippen LogP contribution in [-0.2, 0) is 6.54 Å². The third-order valence-corrected chi connectivity index (χ3v) is 5.87. The zero-order valence-corrected chi connectivity index (χ0v) is 13.8. The Balaban J connectivity index is 2.44. The Morgan fingerprint density at radius 2 is 2.28 bits per heavy atom. The van der Waals surface area contributed by atoms with E-state index in [1.807, 2.05) is 13.0 Å². The SMILES string of the molecule is CCn1ncc(OC)c1C(O)c1cc(Br)c(Br)s1. The van der Waals surface area contributed by atoms with Crippen molar-refractivity contribution < 1.29 is 9.84 Å². The number of aliphatic hydroxyl groups excluding tert-OH is 1. The number of thiophene rings is 1. The minimum atomic E-state index is -0.741. The molecular weight excluding hydrogens is 384 g/mol. The molecule has 0 aliphatic heterocycles. The van der Waals surface area contributed by atoms with Crippen LogP contribution in [0.2, 0.25) is 0 Å². The maximum Gasteiger partial charge on any atom is 0.163 e. The van der Waals surface area contributed by atoms with Gasteiger partial charge < -0.3 is 9.84 Å². The van der Waals surface area contributed by atoms with E-state index >= 15 is 0 Å². The molecule has 0 saturated heterocycles. The van der Waals surface area contributed by atoms with Gasteiger partial charge in [0.1, 0.15) is 11.8 Å². The van der Waals surface area contributed by atoms with Crippen molar-refractivity contribution in [2.45, 2.75) is 19.6 Å². The third-order valence-electron chi connectivity index (χ3n) is 2.56. The van der Waals surface area contributed by atoms with Gasteiger partial charge in [-0.2, -0.15) is 5.10 Å². The van der Waals surface area contributed by atoms with Gasteiger partial charge in [0.25, 0.3) is 0 Å². The molecule has 18 heavy (non-hydrogen) atoms. The summed E-state index contributed by atoms with van der Waals surface area (Å²) in [4.78, 5) is 0.835. The molecule has 1 N–H and O–H groups in total. The standard InChI is InChI=1S/C11H12Br2N2O2S/c1-3-15-9(7(17-2)5-14-15)10(16)8-4-6(12)11(13)18-8/h4-5,10,16H,3H2,1-2H3. The molecule has 1 unspecified atom stereocenters. The Kier molecular flexibility index (Phi) is 4.47. The second-order valence-electron chi connectivity index (χ2n) is 3.59. The molecule has 0 radical (unpaired) electrons. The van der Waals surface area contributed by atoms with Gasteiger partial charge in [0.2, 0.25) is 0 Å². The van der Waals surface area contributed by atoms with E-state index in [4.69, 9.17) is 4.74 Å². The summed E-state index contributed by atoms with van der Waals surface area (Å²) in [7, 11) is 1.58. The number of hydrogen-bond donors (Lipinski definition) is 1. The summed E-state index contributed by atoms with van der Waals surface area (Å²) >= 11 is 8.33. The van der Waals surface area contributed by atoms with Gasteiger partial charge in [-0.05, 0) is 44.8 Å². The molecule has 2 aromatic heterocycles. The van der Waals surface area contributed by atoms with Gasteiger partial charge in [0, 0.05) is 15.9 Å². The Morgan fingerprint density at radius 1 is 1.56 bits per heavy atom. The molecule has 2 rings (SSSR count). The van der Waals surface area contributed by atoms with Crippen molar-refractivity contribution in [3.63, 3.8) is 0 Å². The van der Waals surface area contributed by atoms with E-state index in [0.717, 1.165) is 13.1 Å². The lowest BCUT2D eigenvalue weighted by molar-refractivity contribution is 0.206. The highest BCUT2D eigenvalue weighted by Crippen LogP contribution is 2.39. The fourth-order valence-electron chi connectivity index (χ4n) is 1.70. The summed E-state index contributed by atoms with van der Waals surface area (Å²) in [5, 5.41) is 14.7. The second kappa shape index (κ2) is 5.73. The smallest absolute Gasteiger partial charge is 0.163 e. The van der Waals surface area contributed by atoms with Crippen molar-refractivity contribution in [2.24, 2.45) is 0 Å². The van der Waals surface area contributed by atoms with E-state index in [9.17, 15) is 5.11 Å². The number of aryl methyl sites for hydroxylation is 1. The number of halogens is 2. The van der Waals surface area contributed by atoms with Crippen molar-refractivity contribution in [3.05, 3.63) is 31.1 Å². The average molecular weight is 396 g/mol. The molecule has 2 aromatic rings. The molecule has 0 amide bonds. The van der Waals surface area contributed by atoms with Crippen molar-refractivity contribution in [3.8, 4) is 5.75 Å². The normalized spacial score (nSPS) is 12.7. The number of ether oxygens (including phenoxy) is 1. The van der Waals surface area contributed by atoms with Crippen LogP contribution in [0.25, 0.3) is 0 Å². The monoisotopic (exact) mass is 394 g/mol. The highest BCUT2D eigenvalue weighted by atomic mass is 79.9. The highest BCUT2D eigenvalue weighted by molar-refractivity contribution is 9.13. The molecule has 0 saturated carbocycles. The number of rotatable bonds is 4. The molecule has 0 aliphatic carbocycles. The maximum atomic E-state index is 10.5. The van der Waals surface area contributed by atoms with Crippen LogP contribution in [0.4, 0.5) is 0 Å². The van der Waals surface area contributed by atoms with Gasteiger partial charge in [0.15, 0.2) is 5.75 Å². The summed E-state index contributed by atoms with van der Waals surface area (Å²) in [6.45, 7) is 2.66. The van der Waals surface area contributed by atoms with Crippen LogP contribution in [0, 0.1) is 0 Å². The predicted octanol–water partition coefficient (Wildman–Crippen LogP) is 3.58. The van der Waals surface area contributed by atoms with Crippen molar-refractivity contribution in [2.75, 3.05) is 7.11 Å². The van der Waals surface area contributed by atoms with Crippen LogP contribution >= 0.6 is 43.2 Å². The van der Waals surface area contributed by atoms with Gasteiger partial charge >= 0.3 is 0 Å². The topological polar surface area (TPSA) is 47.3 Å². The fourth-order valence-corrected chi connectivity index (χ4v) is 3.78. The zero-order valence-electron chi connectivity index (χ0n) is 9.85. The lowest BCUT2D eigenvalue weighted by atomic mass is 10.2. The molecule has 7 heteroatoms. The van der Waals surface area contributed by atoms with E-state index in [2.05, 4.69) is 37.0 Å². The van der Waals surface area contributed by atoms with E-state index in [-0.39, 0.29) is 0 Å². The first-order valence-electron chi connectivity index (χ1n) is 5.31. The van der Waals surface area contributed by atoms with Crippen molar-refractivity contribution in [1.82, 2.24) is 9.78 Å². The molecule has 0 bridgehead atoms. The van der Waals surface area contributed by atoms with E-state index in [1.165, 1.54) is 11.3 Å². The first-order chi connectivity index (χ1) is 8.58. The number of hydrogen-bond acceptors (Lipinski definition) is 4. The maximum absolute atomic E-state index is 10.5. The minimum absolute atomic E-state index is 0.602. The van der Waals surface area contributed by atoms with Crippen LogP contribution in [0.15, 0.2) is 20.5 Å². The highest BCUT2D eigenvalue weighted by Gasteiger charge is 2.23. The van der Waals surface area contributed by atoms with Crippen LogP contribution in [0.5, 0.6) is 5.75 Å². The van der Waals surface area contributed by atoms with Gasteiger partial charge in [-0.3, -0.25) is 4.68 Å². The van der Waals surface area contributed by atoms with Crippen LogP contribution in [-0.4, -0.2) is 22.0 Å². The van der Waals surface area contributed by atoms with Gasteiger partial charge in [-0.1, -0.05) is 0 Å². The molecule has 1 atom stereocenters. The predicted molar refractivity (Wildman–Crippen MR) is 78.2 cm³/mol. The summed E-state index contributed by atoms with van der Waals surface area (Å²) in [6.07, 6.45) is 0.884. The summed E-state index contributed by atoms with van der Waals surface area (Å²) in [6, 6.07) is 1.89. The van der Waals surface area contributed by atoms with E-state index in [0.29, 0.717) is 18.0 Å². The molecule has 0 aliphatic rings. The van der Waals surface area contributed by atoms with Crippen molar-refractivity contribution >= 4 is 43.2 Å². The molecule has 0 aromatic carbocycles. The molecule has 98 valence electrons. The van der Waals surface area contributed by atoms with Gasteiger partial charge in [-0.25, -0.2) is 0 Å². The lowest BCUT2D eigenvalue weighted by Gasteiger charge is -2.12. The van der Waals surface area contributed by atoms with Crippen molar-refractivity contribution in [1.29, 1.82) is 0 Å². The van der Waals surface area contributed by atoms with Gasteiger partial charge in [-0.15, -0.1) is 11.3 Å². The minimum Gasteiger partial charge on any atom is -0.493 e. The number of nitrogens with zero attached hydrogens (tertiary/aromatic N) is 2. The number of methoxy groups -OCH3 is 1. The number of aliphatic hydroxyl groups is 1. The first-order valence-corrected chi connectivity index (χ1v) is 7.71. The third kappa shape index (κ3) is 2.49. The Bertz CT molecular complexity index is 512. The lowest BCUT2D eigenvalue weighted by Crippen LogP contribution is -2.09. The Hall–Kier alpha value is -0.370. The Morgan fingerprint density at radius 3 is 2.78 bits per heavy atom. The quantitative estimate of drug-likeness (QED) is 0.860. The largest absolute Gasteiger partial charge is 0.493 e. The summed E-state index contributed by atoms with van der Waals surface area (Å²) in [5.41, 5.74) is 0.682. The molecule has 0 spiro atoms. The Labute approximate surface area is 126 Å². The van der Waals surface area contributed by atoms with E-state index < -0.39 is 6.10 Å². The van der Waals surface area contributed by atoms with Crippen LogP contribution in [0.1, 0.15) is 23.6 Å². The first kappa shape index (κ1) is 14.0.